The maximum atomic E-state index is 11.7. The molecule has 1 aromatic heterocycles. The van der Waals surface area contributed by atoms with E-state index in [1.807, 2.05) is 24.3 Å². The third kappa shape index (κ3) is 6.23. The highest BCUT2D eigenvalue weighted by molar-refractivity contribution is 5.81. The second-order valence-corrected chi connectivity index (χ2v) is 6.79. The number of nitro benzene ring substituents is 1. The number of nitrogens with zero attached hydrogens (tertiary/aromatic N) is 3. The summed E-state index contributed by atoms with van der Waals surface area (Å²) >= 11 is 0. The van der Waals surface area contributed by atoms with Gasteiger partial charge in [0, 0.05) is 23.8 Å². The first-order valence-corrected chi connectivity index (χ1v) is 9.93. The number of anilines is 1. The van der Waals surface area contributed by atoms with Gasteiger partial charge in [-0.1, -0.05) is 19.8 Å². The predicted molar refractivity (Wildman–Crippen MR) is 120 cm³/mol. The molecule has 2 N–H and O–H groups in total. The van der Waals surface area contributed by atoms with Gasteiger partial charge in [0.25, 0.3) is 11.2 Å². The van der Waals surface area contributed by atoms with Crippen LogP contribution in [0.3, 0.4) is 0 Å². The first-order chi connectivity index (χ1) is 15.1. The number of aromatic amines is 1. The number of hydrogen-bond acceptors (Lipinski definition) is 7. The second kappa shape index (κ2) is 10.7. The third-order valence-electron chi connectivity index (χ3n) is 4.46. The lowest BCUT2D eigenvalue weighted by Gasteiger charge is -2.09. The summed E-state index contributed by atoms with van der Waals surface area (Å²) in [6, 6.07) is 14.8. The van der Waals surface area contributed by atoms with E-state index in [2.05, 4.69) is 27.6 Å². The van der Waals surface area contributed by atoms with E-state index in [1.54, 1.807) is 12.1 Å². The lowest BCUT2D eigenvalue weighted by atomic mass is 10.1. The van der Waals surface area contributed by atoms with Gasteiger partial charge in [0.15, 0.2) is 0 Å². The first-order valence-electron chi connectivity index (χ1n) is 9.93. The minimum Gasteiger partial charge on any atom is -0.494 e. The van der Waals surface area contributed by atoms with E-state index >= 15 is 0 Å². The maximum Gasteiger partial charge on any atom is 0.269 e. The quantitative estimate of drug-likeness (QED) is 0.217. The summed E-state index contributed by atoms with van der Waals surface area (Å²) in [5, 5.41) is 21.4. The van der Waals surface area contributed by atoms with Gasteiger partial charge in [-0.2, -0.15) is 10.2 Å². The molecule has 1 heterocycles. The Morgan fingerprint density at radius 2 is 1.90 bits per heavy atom. The fourth-order valence-electron chi connectivity index (χ4n) is 2.82. The van der Waals surface area contributed by atoms with Crippen LogP contribution in [-0.2, 0) is 0 Å². The van der Waals surface area contributed by atoms with Crippen molar-refractivity contribution in [2.75, 3.05) is 12.0 Å². The van der Waals surface area contributed by atoms with Crippen LogP contribution in [0, 0.1) is 10.1 Å². The van der Waals surface area contributed by atoms with Crippen molar-refractivity contribution in [2.45, 2.75) is 26.2 Å². The van der Waals surface area contributed by atoms with Gasteiger partial charge < -0.3 is 4.74 Å². The molecule has 0 unspecified atom stereocenters. The van der Waals surface area contributed by atoms with Crippen molar-refractivity contribution in [2.24, 2.45) is 5.10 Å². The number of rotatable bonds is 10. The zero-order valence-corrected chi connectivity index (χ0v) is 17.1. The molecule has 2 aromatic carbocycles. The van der Waals surface area contributed by atoms with E-state index in [1.165, 1.54) is 24.4 Å². The molecule has 0 saturated heterocycles. The van der Waals surface area contributed by atoms with Gasteiger partial charge in [-0.15, -0.1) is 0 Å². The lowest BCUT2D eigenvalue weighted by Crippen LogP contribution is -2.10. The topological polar surface area (TPSA) is 123 Å². The Morgan fingerprint density at radius 1 is 1.16 bits per heavy atom. The molecule has 9 heteroatoms. The molecule has 0 aliphatic carbocycles. The molecule has 0 radical (unpaired) electrons. The molecule has 0 spiro atoms. The van der Waals surface area contributed by atoms with Crippen LogP contribution in [0.5, 0.6) is 5.75 Å². The van der Waals surface area contributed by atoms with Crippen molar-refractivity contribution in [1.82, 2.24) is 10.2 Å². The summed E-state index contributed by atoms with van der Waals surface area (Å²) < 4.78 is 5.73. The largest absolute Gasteiger partial charge is 0.494 e. The molecule has 160 valence electrons. The molecule has 0 bridgehead atoms. The fraction of sp³-hybridized carbons (Fsp3) is 0.227. The molecular weight excluding hydrogens is 398 g/mol. The number of aromatic nitrogens is 2. The van der Waals surface area contributed by atoms with E-state index < -0.39 is 4.92 Å². The highest BCUT2D eigenvalue weighted by Crippen LogP contribution is 2.26. The lowest BCUT2D eigenvalue weighted by molar-refractivity contribution is -0.384. The zero-order valence-electron chi connectivity index (χ0n) is 17.1. The molecule has 0 amide bonds. The minimum atomic E-state index is -0.463. The summed E-state index contributed by atoms with van der Waals surface area (Å²) in [5.74, 6) is 0.773. The first kappa shape index (κ1) is 21.7. The average Bonchev–Trinajstić information content (AvgIpc) is 2.78. The molecule has 31 heavy (non-hydrogen) atoms. The van der Waals surface area contributed by atoms with Crippen LogP contribution in [0.2, 0.25) is 0 Å². The summed E-state index contributed by atoms with van der Waals surface area (Å²) in [6.07, 6.45) is 4.79. The zero-order chi connectivity index (χ0) is 22.1. The smallest absolute Gasteiger partial charge is 0.269 e. The number of nitrogens with one attached hydrogen (secondary N) is 2. The number of unbranched alkanes of at least 4 members (excludes halogenated alkanes) is 2. The van der Waals surface area contributed by atoms with Gasteiger partial charge in [-0.25, -0.2) is 5.10 Å². The number of non-ortho nitro benzene ring substituents is 1. The van der Waals surface area contributed by atoms with Crippen LogP contribution in [0.4, 0.5) is 11.4 Å². The van der Waals surface area contributed by atoms with Crippen LogP contribution in [0.25, 0.3) is 11.3 Å². The van der Waals surface area contributed by atoms with Gasteiger partial charge in [-0.3, -0.25) is 20.3 Å². The monoisotopic (exact) mass is 421 g/mol. The molecule has 0 aliphatic heterocycles. The standard InChI is InChI=1S/C22H23N5O4/c1-2-3-4-13-31-19-11-7-17(8-12-19)22-20(14-21(28)25-26-22)24-23-15-16-5-9-18(10-6-16)27(29)30/h5-12,14-15H,2-4,13H2,1H3,(H2,24,25,28). The van der Waals surface area contributed by atoms with Gasteiger partial charge in [0.1, 0.15) is 11.4 Å². The number of nitro groups is 1. The number of benzene rings is 2. The van der Waals surface area contributed by atoms with Gasteiger partial charge in [-0.05, 0) is 48.4 Å². The molecular formula is C22H23N5O4. The molecule has 3 aromatic rings. The normalized spacial score (nSPS) is 10.9. The predicted octanol–water partition coefficient (Wildman–Crippen LogP) is 4.36. The number of hydrogen-bond donors (Lipinski definition) is 2. The third-order valence-corrected chi connectivity index (χ3v) is 4.46. The van der Waals surface area contributed by atoms with Crippen molar-refractivity contribution in [3.63, 3.8) is 0 Å². The molecule has 0 aliphatic rings. The van der Waals surface area contributed by atoms with E-state index in [4.69, 9.17) is 4.74 Å². The molecule has 0 fully saturated rings. The Bertz CT molecular complexity index is 1090. The van der Waals surface area contributed by atoms with Crippen LogP contribution in [0.15, 0.2) is 64.5 Å². The number of ether oxygens (including phenoxy) is 1. The molecule has 0 atom stereocenters. The summed E-state index contributed by atoms with van der Waals surface area (Å²) in [6.45, 7) is 2.82. The van der Waals surface area contributed by atoms with Gasteiger partial charge >= 0.3 is 0 Å². The van der Waals surface area contributed by atoms with Gasteiger partial charge in [0.05, 0.1) is 23.4 Å². The summed E-state index contributed by atoms with van der Waals surface area (Å²) in [5.41, 5.74) is 4.87. The summed E-state index contributed by atoms with van der Waals surface area (Å²) in [7, 11) is 0. The van der Waals surface area contributed by atoms with Crippen LogP contribution >= 0.6 is 0 Å². The Hall–Kier alpha value is -4.01. The average molecular weight is 421 g/mol. The second-order valence-electron chi connectivity index (χ2n) is 6.79. The Kier molecular flexibility index (Phi) is 7.47. The van der Waals surface area contributed by atoms with Gasteiger partial charge in [0.2, 0.25) is 0 Å². The molecule has 9 nitrogen and oxygen atoms in total. The van der Waals surface area contributed by atoms with E-state index in [9.17, 15) is 14.9 Å². The van der Waals surface area contributed by atoms with Crippen molar-refractivity contribution >= 4 is 17.6 Å². The van der Waals surface area contributed by atoms with Crippen LogP contribution in [-0.4, -0.2) is 27.9 Å². The highest BCUT2D eigenvalue weighted by Gasteiger charge is 2.09. The summed E-state index contributed by atoms with van der Waals surface area (Å²) in [4.78, 5) is 22.0. The van der Waals surface area contributed by atoms with Crippen molar-refractivity contribution in [3.8, 4) is 17.0 Å². The van der Waals surface area contributed by atoms with E-state index in [0.29, 0.717) is 23.6 Å². The molecule has 3 rings (SSSR count). The van der Waals surface area contributed by atoms with Crippen molar-refractivity contribution in [1.29, 1.82) is 0 Å². The van der Waals surface area contributed by atoms with Crippen LogP contribution in [0.1, 0.15) is 31.7 Å². The Balaban J connectivity index is 1.71. The van der Waals surface area contributed by atoms with E-state index in [-0.39, 0.29) is 11.2 Å². The minimum absolute atomic E-state index is 0.00368. The van der Waals surface area contributed by atoms with E-state index in [0.717, 1.165) is 30.6 Å². The van der Waals surface area contributed by atoms with Crippen molar-refractivity contribution < 1.29 is 9.66 Å². The molecule has 0 saturated carbocycles. The number of H-pyrrole nitrogens is 1. The maximum absolute atomic E-state index is 11.7. The SMILES string of the molecule is CCCCCOc1ccc(-c2n[nH]c(=O)cc2NN=Cc2ccc([N+](=O)[O-])cc2)cc1. The number of hydrazone groups is 1. The fourth-order valence-corrected chi connectivity index (χ4v) is 2.82. The highest BCUT2D eigenvalue weighted by atomic mass is 16.6. The Morgan fingerprint density at radius 3 is 2.58 bits per heavy atom. The van der Waals surface area contributed by atoms with Crippen LogP contribution < -0.4 is 15.7 Å². The Labute approximate surface area is 178 Å². The van der Waals surface area contributed by atoms with Crippen molar-refractivity contribution in [3.05, 3.63) is 80.6 Å².